The largest absolute Gasteiger partial charge is 0.481 e. The molecule has 0 bridgehead atoms. The SMILES string of the molecule is CC1CC(N2CCC(OCCC(=O)O)CC2)CS1. The average Bonchev–Trinajstić information content (AvgIpc) is 2.76. The van der Waals surface area contributed by atoms with E-state index < -0.39 is 5.97 Å². The standard InChI is InChI=1S/C13H23NO3S/c1-10-8-11(9-18-10)14-5-2-12(3-6-14)17-7-4-13(15)16/h10-12H,2-9H2,1H3,(H,15,16). The first-order valence-electron chi connectivity index (χ1n) is 6.84. The highest BCUT2D eigenvalue weighted by Crippen LogP contribution is 2.31. The minimum absolute atomic E-state index is 0.122. The fraction of sp³-hybridized carbons (Fsp3) is 0.923. The van der Waals surface area contributed by atoms with Gasteiger partial charge in [-0.15, -0.1) is 0 Å². The van der Waals surface area contributed by atoms with E-state index in [4.69, 9.17) is 9.84 Å². The molecule has 2 atom stereocenters. The summed E-state index contributed by atoms with van der Waals surface area (Å²) < 4.78 is 5.61. The van der Waals surface area contributed by atoms with Crippen LogP contribution in [0.1, 0.15) is 32.6 Å². The number of nitrogens with zero attached hydrogens (tertiary/aromatic N) is 1. The molecule has 2 saturated heterocycles. The zero-order chi connectivity index (χ0) is 13.0. The van der Waals surface area contributed by atoms with Crippen LogP contribution in [0.2, 0.25) is 0 Å². The Morgan fingerprint density at radius 2 is 2.17 bits per heavy atom. The van der Waals surface area contributed by atoms with Crippen LogP contribution in [0, 0.1) is 0 Å². The molecule has 0 aromatic rings. The first-order chi connectivity index (χ1) is 8.65. The number of rotatable bonds is 5. The van der Waals surface area contributed by atoms with E-state index in [1.807, 2.05) is 0 Å². The van der Waals surface area contributed by atoms with Crippen molar-refractivity contribution in [3.8, 4) is 0 Å². The smallest absolute Gasteiger partial charge is 0.305 e. The molecule has 2 fully saturated rings. The van der Waals surface area contributed by atoms with Gasteiger partial charge in [0, 0.05) is 30.1 Å². The van der Waals surface area contributed by atoms with E-state index in [0.717, 1.165) is 37.2 Å². The summed E-state index contributed by atoms with van der Waals surface area (Å²) in [5.41, 5.74) is 0. The lowest BCUT2D eigenvalue weighted by atomic mass is 10.0. The molecule has 18 heavy (non-hydrogen) atoms. The molecule has 0 radical (unpaired) electrons. The van der Waals surface area contributed by atoms with Gasteiger partial charge in [0.2, 0.25) is 0 Å². The average molecular weight is 273 g/mol. The van der Waals surface area contributed by atoms with Crippen LogP contribution in [0.25, 0.3) is 0 Å². The third kappa shape index (κ3) is 4.14. The Kier molecular flexibility index (Phi) is 5.33. The molecule has 0 aromatic carbocycles. The maximum absolute atomic E-state index is 10.4. The van der Waals surface area contributed by atoms with Crippen LogP contribution in [0.15, 0.2) is 0 Å². The summed E-state index contributed by atoms with van der Waals surface area (Å²) in [6.07, 6.45) is 3.81. The topological polar surface area (TPSA) is 49.8 Å². The molecular formula is C13H23NO3S. The number of ether oxygens (including phenoxy) is 1. The van der Waals surface area contributed by atoms with Gasteiger partial charge in [0.25, 0.3) is 0 Å². The van der Waals surface area contributed by atoms with Gasteiger partial charge in [-0.25, -0.2) is 0 Å². The first-order valence-corrected chi connectivity index (χ1v) is 7.89. The van der Waals surface area contributed by atoms with Crippen molar-refractivity contribution in [3.63, 3.8) is 0 Å². The van der Waals surface area contributed by atoms with E-state index in [2.05, 4.69) is 23.6 Å². The normalized spacial score (nSPS) is 30.7. The Bertz CT molecular complexity index is 279. The zero-order valence-corrected chi connectivity index (χ0v) is 11.8. The van der Waals surface area contributed by atoms with Crippen molar-refractivity contribution in [2.75, 3.05) is 25.4 Å². The number of carboxylic acids is 1. The predicted molar refractivity (Wildman–Crippen MR) is 73.1 cm³/mol. The van der Waals surface area contributed by atoms with Crippen LogP contribution >= 0.6 is 11.8 Å². The molecule has 104 valence electrons. The maximum Gasteiger partial charge on any atom is 0.305 e. The summed E-state index contributed by atoms with van der Waals surface area (Å²) >= 11 is 2.08. The third-order valence-electron chi connectivity index (χ3n) is 3.84. The molecule has 0 aliphatic carbocycles. The van der Waals surface area contributed by atoms with E-state index in [9.17, 15) is 4.79 Å². The molecule has 2 rings (SSSR count). The molecular weight excluding hydrogens is 250 g/mol. The Balaban J connectivity index is 1.63. The molecule has 0 saturated carbocycles. The van der Waals surface area contributed by atoms with Crippen LogP contribution < -0.4 is 0 Å². The molecule has 5 heteroatoms. The van der Waals surface area contributed by atoms with Gasteiger partial charge in [-0.3, -0.25) is 9.69 Å². The van der Waals surface area contributed by atoms with Crippen molar-refractivity contribution < 1.29 is 14.6 Å². The van der Waals surface area contributed by atoms with Crippen molar-refractivity contribution in [1.82, 2.24) is 4.90 Å². The van der Waals surface area contributed by atoms with E-state index in [1.54, 1.807) is 0 Å². The number of carboxylic acid groups (broad SMARTS) is 1. The summed E-state index contributed by atoms with van der Waals surface area (Å²) in [5, 5.41) is 9.37. The Hall–Kier alpha value is -0.260. The van der Waals surface area contributed by atoms with Gasteiger partial charge in [0.15, 0.2) is 0 Å². The fourth-order valence-corrected chi connectivity index (χ4v) is 4.03. The van der Waals surface area contributed by atoms with Crippen molar-refractivity contribution in [2.45, 2.75) is 50.0 Å². The zero-order valence-electron chi connectivity index (χ0n) is 11.0. The van der Waals surface area contributed by atoms with Crippen LogP contribution in [-0.4, -0.2) is 58.8 Å². The fourth-order valence-electron chi connectivity index (χ4n) is 2.77. The van der Waals surface area contributed by atoms with Gasteiger partial charge < -0.3 is 9.84 Å². The number of hydrogen-bond donors (Lipinski definition) is 1. The maximum atomic E-state index is 10.4. The minimum Gasteiger partial charge on any atom is -0.481 e. The highest BCUT2D eigenvalue weighted by atomic mass is 32.2. The van der Waals surface area contributed by atoms with Crippen molar-refractivity contribution in [1.29, 1.82) is 0 Å². The molecule has 2 aliphatic heterocycles. The van der Waals surface area contributed by atoms with E-state index >= 15 is 0 Å². The molecule has 0 spiro atoms. The predicted octanol–water partition coefficient (Wildman–Crippen LogP) is 1.84. The minimum atomic E-state index is -0.774. The van der Waals surface area contributed by atoms with Gasteiger partial charge in [-0.05, 0) is 19.3 Å². The lowest BCUT2D eigenvalue weighted by molar-refractivity contribution is -0.138. The van der Waals surface area contributed by atoms with Crippen molar-refractivity contribution in [3.05, 3.63) is 0 Å². The summed E-state index contributed by atoms with van der Waals surface area (Å²) in [5.74, 6) is 0.496. The number of likely N-dealkylation sites (tertiary alicyclic amines) is 1. The van der Waals surface area contributed by atoms with Crippen molar-refractivity contribution >= 4 is 17.7 Å². The number of aliphatic carboxylic acids is 1. The van der Waals surface area contributed by atoms with Crippen LogP contribution in [-0.2, 0) is 9.53 Å². The molecule has 4 nitrogen and oxygen atoms in total. The van der Waals surface area contributed by atoms with Gasteiger partial charge in [-0.1, -0.05) is 6.92 Å². The molecule has 0 aromatic heterocycles. The first kappa shape index (κ1) is 14.2. The summed E-state index contributed by atoms with van der Waals surface area (Å²) in [6, 6.07) is 0.755. The Morgan fingerprint density at radius 3 is 2.72 bits per heavy atom. The lowest BCUT2D eigenvalue weighted by Gasteiger charge is -2.35. The Morgan fingerprint density at radius 1 is 1.44 bits per heavy atom. The summed E-state index contributed by atoms with van der Waals surface area (Å²) in [6.45, 7) is 4.88. The van der Waals surface area contributed by atoms with Gasteiger partial charge in [0.05, 0.1) is 19.1 Å². The second-order valence-corrected chi connectivity index (χ2v) is 6.75. The number of carbonyl (C=O) groups is 1. The van der Waals surface area contributed by atoms with Crippen molar-refractivity contribution in [2.24, 2.45) is 0 Å². The molecule has 2 unspecified atom stereocenters. The van der Waals surface area contributed by atoms with Gasteiger partial charge >= 0.3 is 5.97 Å². The summed E-state index contributed by atoms with van der Waals surface area (Å²) in [4.78, 5) is 13.0. The van der Waals surface area contributed by atoms with Gasteiger partial charge in [-0.2, -0.15) is 11.8 Å². The van der Waals surface area contributed by atoms with E-state index in [-0.39, 0.29) is 12.5 Å². The van der Waals surface area contributed by atoms with Crippen LogP contribution in [0.4, 0.5) is 0 Å². The number of piperidine rings is 1. The van der Waals surface area contributed by atoms with Gasteiger partial charge in [0.1, 0.15) is 0 Å². The molecule has 2 heterocycles. The Labute approximate surface area is 113 Å². The van der Waals surface area contributed by atoms with Crippen LogP contribution in [0.5, 0.6) is 0 Å². The monoisotopic (exact) mass is 273 g/mol. The van der Waals surface area contributed by atoms with Crippen LogP contribution in [0.3, 0.4) is 0 Å². The molecule has 2 aliphatic rings. The second-order valence-electron chi connectivity index (χ2n) is 5.28. The van der Waals surface area contributed by atoms with E-state index in [0.29, 0.717) is 6.61 Å². The number of thioether (sulfide) groups is 1. The molecule has 0 amide bonds. The quantitative estimate of drug-likeness (QED) is 0.828. The highest BCUT2D eigenvalue weighted by Gasteiger charge is 2.30. The second kappa shape index (κ2) is 6.78. The summed E-state index contributed by atoms with van der Waals surface area (Å²) in [7, 11) is 0. The van der Waals surface area contributed by atoms with E-state index in [1.165, 1.54) is 12.2 Å². The lowest BCUT2D eigenvalue weighted by Crippen LogP contribution is -2.43. The molecule has 1 N–H and O–H groups in total. The highest BCUT2D eigenvalue weighted by molar-refractivity contribution is 8.00. The number of hydrogen-bond acceptors (Lipinski definition) is 4. The third-order valence-corrected chi connectivity index (χ3v) is 5.18.